The molecule has 0 unspecified atom stereocenters. The number of halogens is 2. The van der Waals surface area contributed by atoms with Crippen molar-refractivity contribution in [3.05, 3.63) is 82.8 Å². The van der Waals surface area contributed by atoms with Crippen molar-refractivity contribution in [2.45, 2.75) is 25.7 Å². The summed E-state index contributed by atoms with van der Waals surface area (Å²) in [5.41, 5.74) is 5.18. The first-order chi connectivity index (χ1) is 18.8. The van der Waals surface area contributed by atoms with Gasteiger partial charge in [-0.2, -0.15) is 14.6 Å². The number of methoxy groups -OCH3 is 1. The first kappa shape index (κ1) is 27.2. The molecule has 3 aromatic heterocycles. The molecule has 39 heavy (non-hydrogen) atoms. The topological polar surface area (TPSA) is 78.1 Å². The summed E-state index contributed by atoms with van der Waals surface area (Å²) in [5, 5.41) is 9.32. The highest BCUT2D eigenvalue weighted by molar-refractivity contribution is 6.29. The van der Waals surface area contributed by atoms with Gasteiger partial charge in [0.1, 0.15) is 10.9 Å². The van der Waals surface area contributed by atoms with E-state index in [-0.39, 0.29) is 29.2 Å². The van der Waals surface area contributed by atoms with Crippen molar-refractivity contribution in [3.63, 3.8) is 0 Å². The van der Waals surface area contributed by atoms with E-state index in [9.17, 15) is 9.18 Å². The Hall–Kier alpha value is -3.40. The number of likely N-dealkylation sites (tertiary alicyclic amines) is 1. The molecule has 5 rings (SSSR count). The second kappa shape index (κ2) is 11.8. The molecule has 4 heterocycles. The van der Waals surface area contributed by atoms with Crippen molar-refractivity contribution in [3.8, 4) is 16.9 Å². The SMILES string of the molecule is COCCN1C[C@@H](CC(=O)Cc2c(C)c(-c3cnn(C)c3)nn2-c2ccccc2)[C@H](c2cc(F)nc(Cl)c2)C1. The van der Waals surface area contributed by atoms with Gasteiger partial charge in [0.05, 0.1) is 29.9 Å². The maximum atomic E-state index is 14.1. The third-order valence-corrected chi connectivity index (χ3v) is 7.61. The minimum atomic E-state index is -0.608. The third-order valence-electron chi connectivity index (χ3n) is 7.42. The highest BCUT2D eigenvalue weighted by Crippen LogP contribution is 2.36. The Morgan fingerprint density at radius 1 is 1.21 bits per heavy atom. The number of rotatable bonds is 10. The average Bonchev–Trinajstić information content (AvgIpc) is 3.60. The van der Waals surface area contributed by atoms with Gasteiger partial charge in [0, 0.05) is 64.3 Å². The van der Waals surface area contributed by atoms with Gasteiger partial charge in [-0.25, -0.2) is 9.67 Å². The number of benzene rings is 1. The van der Waals surface area contributed by atoms with Gasteiger partial charge in [-0.1, -0.05) is 29.8 Å². The Morgan fingerprint density at radius 3 is 2.69 bits per heavy atom. The molecule has 4 aromatic rings. The summed E-state index contributed by atoms with van der Waals surface area (Å²) in [6.07, 6.45) is 4.30. The summed E-state index contributed by atoms with van der Waals surface area (Å²) in [5.74, 6) is -0.523. The molecule has 0 amide bonds. The molecule has 2 atom stereocenters. The number of para-hydroxylation sites is 1. The van der Waals surface area contributed by atoms with Crippen LogP contribution < -0.4 is 0 Å². The molecule has 0 radical (unpaired) electrons. The van der Waals surface area contributed by atoms with Gasteiger partial charge in [-0.3, -0.25) is 9.48 Å². The van der Waals surface area contributed by atoms with Gasteiger partial charge in [0.2, 0.25) is 5.95 Å². The number of Topliss-reactive ketones (excluding diaryl/α,β-unsaturated/α-hetero) is 1. The lowest BCUT2D eigenvalue weighted by Gasteiger charge is -2.19. The van der Waals surface area contributed by atoms with Crippen molar-refractivity contribution >= 4 is 17.4 Å². The van der Waals surface area contributed by atoms with Crippen LogP contribution in [-0.2, 0) is 23.0 Å². The molecule has 0 N–H and O–H groups in total. The highest BCUT2D eigenvalue weighted by Gasteiger charge is 2.35. The lowest BCUT2D eigenvalue weighted by molar-refractivity contribution is -0.119. The van der Waals surface area contributed by atoms with E-state index in [1.165, 1.54) is 6.07 Å². The monoisotopic (exact) mass is 550 g/mol. The van der Waals surface area contributed by atoms with E-state index in [0.29, 0.717) is 19.6 Å². The summed E-state index contributed by atoms with van der Waals surface area (Å²) in [6, 6.07) is 13.0. The summed E-state index contributed by atoms with van der Waals surface area (Å²) in [6.45, 7) is 4.76. The third kappa shape index (κ3) is 6.11. The predicted molar refractivity (Wildman–Crippen MR) is 148 cm³/mol. The maximum absolute atomic E-state index is 14.1. The Morgan fingerprint density at radius 2 is 2.00 bits per heavy atom. The number of pyridine rings is 1. The van der Waals surface area contributed by atoms with Gasteiger partial charge in [0.25, 0.3) is 0 Å². The van der Waals surface area contributed by atoms with Crippen LogP contribution in [0.3, 0.4) is 0 Å². The molecule has 0 aliphatic carbocycles. The fourth-order valence-corrected chi connectivity index (χ4v) is 5.74. The minimum absolute atomic E-state index is 0.0124. The summed E-state index contributed by atoms with van der Waals surface area (Å²) < 4.78 is 23.0. The number of ether oxygens (including phenoxy) is 1. The number of ketones is 1. The number of nitrogens with zero attached hydrogens (tertiary/aromatic N) is 6. The Bertz CT molecular complexity index is 1430. The first-order valence-corrected chi connectivity index (χ1v) is 13.4. The quantitative estimate of drug-likeness (QED) is 0.268. The van der Waals surface area contributed by atoms with Crippen LogP contribution in [0.1, 0.15) is 29.2 Å². The molecule has 8 nitrogen and oxygen atoms in total. The fourth-order valence-electron chi connectivity index (χ4n) is 5.54. The van der Waals surface area contributed by atoms with E-state index in [2.05, 4.69) is 15.0 Å². The van der Waals surface area contributed by atoms with Crippen molar-refractivity contribution < 1.29 is 13.9 Å². The van der Waals surface area contributed by atoms with Crippen LogP contribution in [0.2, 0.25) is 5.15 Å². The van der Waals surface area contributed by atoms with E-state index >= 15 is 0 Å². The van der Waals surface area contributed by atoms with Gasteiger partial charge in [-0.05, 0) is 48.2 Å². The van der Waals surface area contributed by atoms with Crippen LogP contribution >= 0.6 is 11.6 Å². The summed E-state index contributed by atoms with van der Waals surface area (Å²) in [7, 11) is 3.54. The number of hydrogen-bond acceptors (Lipinski definition) is 6. The lowest BCUT2D eigenvalue weighted by atomic mass is 9.85. The zero-order valence-electron chi connectivity index (χ0n) is 22.3. The Labute approximate surface area is 232 Å². The molecule has 0 bridgehead atoms. The molecule has 1 fully saturated rings. The van der Waals surface area contributed by atoms with Crippen LogP contribution in [0.4, 0.5) is 4.39 Å². The molecular formula is C29H32ClFN6O2. The molecule has 204 valence electrons. The molecule has 1 aliphatic rings. The van der Waals surface area contributed by atoms with Crippen LogP contribution in [0.5, 0.6) is 0 Å². The predicted octanol–water partition coefficient (Wildman–Crippen LogP) is 4.63. The number of aryl methyl sites for hydroxylation is 1. The van der Waals surface area contributed by atoms with E-state index in [1.807, 2.05) is 55.2 Å². The molecule has 1 aromatic carbocycles. The van der Waals surface area contributed by atoms with Gasteiger partial charge in [0.15, 0.2) is 0 Å². The van der Waals surface area contributed by atoms with Crippen LogP contribution in [0, 0.1) is 18.8 Å². The van der Waals surface area contributed by atoms with Crippen molar-refractivity contribution in [1.82, 2.24) is 29.4 Å². The van der Waals surface area contributed by atoms with E-state index < -0.39 is 5.95 Å². The number of hydrogen-bond donors (Lipinski definition) is 0. The zero-order valence-corrected chi connectivity index (χ0v) is 23.1. The van der Waals surface area contributed by atoms with Gasteiger partial charge >= 0.3 is 0 Å². The summed E-state index contributed by atoms with van der Waals surface area (Å²) >= 11 is 6.09. The second-order valence-corrected chi connectivity index (χ2v) is 10.5. The molecule has 10 heteroatoms. The standard InChI is InChI=1S/C29H32ClFN6O2/c1-19-26(37(23-7-5-4-6-8-23)34-29(19)22-15-32-35(2)16-22)14-24(38)11-21-17-36(9-10-39-3)18-25(21)20-12-27(30)33-28(31)13-20/h4-8,12-13,15-16,21,25H,9-11,14,17-18H2,1-3H3/t21-,25+/m1/s1. The lowest BCUT2D eigenvalue weighted by Crippen LogP contribution is -2.25. The zero-order chi connectivity index (χ0) is 27.5. The minimum Gasteiger partial charge on any atom is -0.383 e. The highest BCUT2D eigenvalue weighted by atomic mass is 35.5. The van der Waals surface area contributed by atoms with Crippen molar-refractivity contribution in [2.24, 2.45) is 13.0 Å². The molecule has 1 saturated heterocycles. The number of carbonyl (C=O) groups excluding carboxylic acids is 1. The van der Waals surface area contributed by atoms with E-state index in [1.54, 1.807) is 24.1 Å². The molecule has 0 saturated carbocycles. The Kier molecular flexibility index (Phi) is 8.20. The van der Waals surface area contributed by atoms with Crippen molar-refractivity contribution in [1.29, 1.82) is 0 Å². The van der Waals surface area contributed by atoms with E-state index in [4.69, 9.17) is 21.4 Å². The first-order valence-electron chi connectivity index (χ1n) is 13.0. The maximum Gasteiger partial charge on any atom is 0.214 e. The Balaban J connectivity index is 1.42. The average molecular weight is 551 g/mol. The van der Waals surface area contributed by atoms with Gasteiger partial charge in [-0.15, -0.1) is 0 Å². The second-order valence-electron chi connectivity index (χ2n) is 10.2. The molecule has 1 aliphatic heterocycles. The van der Waals surface area contributed by atoms with Crippen LogP contribution in [0.25, 0.3) is 16.9 Å². The molecular weight excluding hydrogens is 519 g/mol. The normalized spacial score (nSPS) is 17.7. The summed E-state index contributed by atoms with van der Waals surface area (Å²) in [4.78, 5) is 19.6. The number of carbonyl (C=O) groups is 1. The van der Waals surface area contributed by atoms with Crippen LogP contribution in [-0.4, -0.2) is 68.6 Å². The fraction of sp³-hybridized carbons (Fsp3) is 0.379. The largest absolute Gasteiger partial charge is 0.383 e. The van der Waals surface area contributed by atoms with Gasteiger partial charge < -0.3 is 9.64 Å². The van der Waals surface area contributed by atoms with Crippen LogP contribution in [0.15, 0.2) is 54.9 Å². The van der Waals surface area contributed by atoms with Crippen molar-refractivity contribution in [2.75, 3.05) is 33.4 Å². The number of aromatic nitrogens is 5. The molecule has 0 spiro atoms. The van der Waals surface area contributed by atoms with E-state index in [0.717, 1.165) is 46.9 Å². The smallest absolute Gasteiger partial charge is 0.214 e.